The Morgan fingerprint density at radius 2 is 1.90 bits per heavy atom. The highest BCUT2D eigenvalue weighted by molar-refractivity contribution is 7.92. The third-order valence-electron chi connectivity index (χ3n) is 4.10. The minimum Gasteiger partial charge on any atom is -0.457 e. The molecule has 1 N–H and O–H groups in total. The lowest BCUT2D eigenvalue weighted by Crippen LogP contribution is -2.17. The van der Waals surface area contributed by atoms with Crippen LogP contribution in [-0.4, -0.2) is 19.5 Å². The summed E-state index contributed by atoms with van der Waals surface area (Å²) < 4.78 is 38.2. The van der Waals surface area contributed by atoms with Gasteiger partial charge in [-0.3, -0.25) is 4.72 Å². The summed E-state index contributed by atoms with van der Waals surface area (Å²) in [4.78, 5) is 12.4. The number of carbonyl (C=O) groups excluding carboxylic acids is 1. The van der Waals surface area contributed by atoms with Crippen molar-refractivity contribution < 1.29 is 22.5 Å². The molecule has 0 bridgehead atoms. The minimum atomic E-state index is -4.09. The highest BCUT2D eigenvalue weighted by Crippen LogP contribution is 2.28. The number of hydrogen-bond donors (Lipinski definition) is 1. The number of aryl methyl sites for hydroxylation is 2. The summed E-state index contributed by atoms with van der Waals surface area (Å²) >= 11 is 11.9. The molecule has 1 heterocycles. The second kappa shape index (κ2) is 8.44. The summed E-state index contributed by atoms with van der Waals surface area (Å²) in [7, 11) is -4.09. The Labute approximate surface area is 177 Å². The second-order valence-electron chi connectivity index (χ2n) is 6.10. The van der Waals surface area contributed by atoms with E-state index < -0.39 is 16.0 Å². The van der Waals surface area contributed by atoms with Crippen LogP contribution in [0.1, 0.15) is 27.4 Å². The zero-order valence-corrected chi connectivity index (χ0v) is 17.7. The van der Waals surface area contributed by atoms with E-state index in [4.69, 9.17) is 32.5 Å². The maximum absolute atomic E-state index is 12.8. The average Bonchev–Trinajstić information content (AvgIpc) is 2.99. The van der Waals surface area contributed by atoms with Crippen molar-refractivity contribution in [3.63, 3.8) is 0 Å². The van der Waals surface area contributed by atoms with Gasteiger partial charge in [0.25, 0.3) is 10.0 Å². The molecule has 0 aliphatic heterocycles. The number of halogens is 2. The molecule has 0 spiro atoms. The number of benzene rings is 2. The fourth-order valence-electron chi connectivity index (χ4n) is 2.56. The third-order valence-corrected chi connectivity index (χ3v) is 6.19. The number of carbonyl (C=O) groups is 1. The first-order chi connectivity index (χ1) is 13.7. The SMILES string of the molecule is Cc1noc(C)c1COC(=O)c1ccccc1NS(=O)(=O)c1cc(Cl)ccc1Cl. The van der Waals surface area contributed by atoms with Gasteiger partial charge in [0.15, 0.2) is 0 Å². The van der Waals surface area contributed by atoms with Crippen LogP contribution in [0.5, 0.6) is 0 Å². The van der Waals surface area contributed by atoms with Gasteiger partial charge < -0.3 is 9.26 Å². The molecule has 0 amide bonds. The Balaban J connectivity index is 1.85. The van der Waals surface area contributed by atoms with Crippen LogP contribution in [0.25, 0.3) is 0 Å². The quantitative estimate of drug-likeness (QED) is 0.539. The van der Waals surface area contributed by atoms with Crippen LogP contribution in [0.3, 0.4) is 0 Å². The van der Waals surface area contributed by atoms with E-state index >= 15 is 0 Å². The molecule has 0 saturated carbocycles. The summed E-state index contributed by atoms with van der Waals surface area (Å²) in [5.41, 5.74) is 1.36. The first kappa shape index (κ1) is 21.2. The zero-order chi connectivity index (χ0) is 21.2. The van der Waals surface area contributed by atoms with Gasteiger partial charge in [-0.25, -0.2) is 13.2 Å². The molecule has 152 valence electrons. The Bertz CT molecular complexity index is 1160. The number of para-hydroxylation sites is 1. The van der Waals surface area contributed by atoms with Gasteiger partial charge in [0.1, 0.15) is 17.3 Å². The number of anilines is 1. The first-order valence-corrected chi connectivity index (χ1v) is 10.6. The normalized spacial score (nSPS) is 11.3. The van der Waals surface area contributed by atoms with Crippen LogP contribution < -0.4 is 4.72 Å². The second-order valence-corrected chi connectivity index (χ2v) is 8.60. The van der Waals surface area contributed by atoms with E-state index in [1.54, 1.807) is 26.0 Å². The predicted octanol–water partition coefficient (Wildman–Crippen LogP) is 4.76. The lowest BCUT2D eigenvalue weighted by atomic mass is 10.2. The molecule has 3 rings (SSSR count). The van der Waals surface area contributed by atoms with Crippen LogP contribution in [0, 0.1) is 13.8 Å². The lowest BCUT2D eigenvalue weighted by molar-refractivity contribution is 0.0472. The molecule has 2 aromatic carbocycles. The lowest BCUT2D eigenvalue weighted by Gasteiger charge is -2.13. The fourth-order valence-corrected chi connectivity index (χ4v) is 4.40. The van der Waals surface area contributed by atoms with E-state index in [9.17, 15) is 13.2 Å². The van der Waals surface area contributed by atoms with Crippen LogP contribution >= 0.6 is 23.2 Å². The van der Waals surface area contributed by atoms with E-state index in [1.165, 1.54) is 30.3 Å². The van der Waals surface area contributed by atoms with Gasteiger partial charge in [0.2, 0.25) is 0 Å². The molecule has 3 aromatic rings. The summed E-state index contributed by atoms with van der Waals surface area (Å²) in [6.07, 6.45) is 0. The van der Waals surface area contributed by atoms with Crippen molar-refractivity contribution in [1.29, 1.82) is 0 Å². The van der Waals surface area contributed by atoms with E-state index in [0.29, 0.717) is 17.0 Å². The van der Waals surface area contributed by atoms with Crippen molar-refractivity contribution in [2.24, 2.45) is 0 Å². The van der Waals surface area contributed by atoms with Gasteiger partial charge >= 0.3 is 5.97 Å². The Kier molecular flexibility index (Phi) is 6.16. The third kappa shape index (κ3) is 4.72. The predicted molar refractivity (Wildman–Crippen MR) is 109 cm³/mol. The molecule has 10 heteroatoms. The topological polar surface area (TPSA) is 98.5 Å². The summed E-state index contributed by atoms with van der Waals surface area (Å²) in [5, 5.41) is 4.01. The van der Waals surface area contributed by atoms with Crippen LogP contribution in [-0.2, 0) is 21.4 Å². The van der Waals surface area contributed by atoms with E-state index in [0.717, 1.165) is 0 Å². The number of aromatic nitrogens is 1. The molecule has 1 aromatic heterocycles. The van der Waals surface area contributed by atoms with Crippen molar-refractivity contribution >= 4 is 44.9 Å². The standard InChI is InChI=1S/C19H16Cl2N2O5S/c1-11-15(12(2)28-22-11)10-27-19(24)14-5-3-4-6-17(14)23-29(25,26)18-9-13(20)7-8-16(18)21/h3-9,23H,10H2,1-2H3. The molecule has 29 heavy (non-hydrogen) atoms. The molecule has 0 aliphatic carbocycles. The van der Waals surface area contributed by atoms with Crippen molar-refractivity contribution in [1.82, 2.24) is 5.16 Å². The highest BCUT2D eigenvalue weighted by Gasteiger charge is 2.22. The van der Waals surface area contributed by atoms with Gasteiger partial charge in [0, 0.05) is 5.02 Å². The Morgan fingerprint density at radius 3 is 2.59 bits per heavy atom. The van der Waals surface area contributed by atoms with Gasteiger partial charge in [-0.2, -0.15) is 0 Å². The Morgan fingerprint density at radius 1 is 1.17 bits per heavy atom. The Hall–Kier alpha value is -2.55. The molecule has 0 fully saturated rings. The maximum Gasteiger partial charge on any atom is 0.340 e. The van der Waals surface area contributed by atoms with E-state index in [2.05, 4.69) is 9.88 Å². The zero-order valence-electron chi connectivity index (χ0n) is 15.4. The number of esters is 1. The van der Waals surface area contributed by atoms with Crippen molar-refractivity contribution in [3.8, 4) is 0 Å². The molecule has 0 radical (unpaired) electrons. The van der Waals surface area contributed by atoms with E-state index in [-0.39, 0.29) is 32.8 Å². The molecule has 0 saturated heterocycles. The van der Waals surface area contributed by atoms with Crippen molar-refractivity contribution in [2.45, 2.75) is 25.3 Å². The van der Waals surface area contributed by atoms with Gasteiger partial charge in [0.05, 0.1) is 27.5 Å². The number of rotatable bonds is 6. The van der Waals surface area contributed by atoms with Gasteiger partial charge in [-0.1, -0.05) is 40.5 Å². The molecule has 0 atom stereocenters. The van der Waals surface area contributed by atoms with Crippen molar-refractivity contribution in [2.75, 3.05) is 4.72 Å². The molecule has 7 nitrogen and oxygen atoms in total. The average molecular weight is 455 g/mol. The van der Waals surface area contributed by atoms with Crippen molar-refractivity contribution in [3.05, 3.63) is 75.1 Å². The number of ether oxygens (including phenoxy) is 1. The number of nitrogens with zero attached hydrogens (tertiary/aromatic N) is 1. The smallest absolute Gasteiger partial charge is 0.340 e. The maximum atomic E-state index is 12.8. The number of nitrogens with one attached hydrogen (secondary N) is 1. The number of sulfonamides is 1. The molecular formula is C19H16Cl2N2O5S. The van der Waals surface area contributed by atoms with Crippen LogP contribution in [0.15, 0.2) is 51.9 Å². The van der Waals surface area contributed by atoms with Crippen LogP contribution in [0.2, 0.25) is 10.0 Å². The largest absolute Gasteiger partial charge is 0.457 e. The first-order valence-electron chi connectivity index (χ1n) is 8.35. The van der Waals surface area contributed by atoms with E-state index in [1.807, 2.05) is 0 Å². The van der Waals surface area contributed by atoms with Crippen LogP contribution in [0.4, 0.5) is 5.69 Å². The summed E-state index contributed by atoms with van der Waals surface area (Å²) in [6, 6.07) is 10.2. The molecule has 0 aliphatic rings. The highest BCUT2D eigenvalue weighted by atomic mass is 35.5. The van der Waals surface area contributed by atoms with Gasteiger partial charge in [-0.05, 0) is 44.2 Å². The summed E-state index contributed by atoms with van der Waals surface area (Å²) in [5.74, 6) is -0.166. The minimum absolute atomic E-state index is 0.000339. The summed E-state index contributed by atoms with van der Waals surface area (Å²) in [6.45, 7) is 3.39. The molecular weight excluding hydrogens is 439 g/mol. The molecule has 0 unspecified atom stereocenters. The fraction of sp³-hybridized carbons (Fsp3) is 0.158. The monoisotopic (exact) mass is 454 g/mol. The number of hydrogen-bond acceptors (Lipinski definition) is 6. The van der Waals surface area contributed by atoms with Gasteiger partial charge in [-0.15, -0.1) is 0 Å².